The number of nitrogens with one attached hydrogen (secondary N) is 2. The van der Waals surface area contributed by atoms with Gasteiger partial charge in [0.15, 0.2) is 5.96 Å². The molecular weight excluding hydrogens is 390 g/mol. The summed E-state index contributed by atoms with van der Waals surface area (Å²) in [7, 11) is -3.73. The maximum absolute atomic E-state index is 12.6. The molecular formula is C20H31N5O3S. The summed E-state index contributed by atoms with van der Waals surface area (Å²) in [6.45, 7) is 4.50. The van der Waals surface area contributed by atoms with Crippen molar-refractivity contribution in [1.29, 1.82) is 0 Å². The van der Waals surface area contributed by atoms with Crippen LogP contribution in [0.1, 0.15) is 44.6 Å². The summed E-state index contributed by atoms with van der Waals surface area (Å²) in [6.07, 6.45) is 5.26. The Hall–Kier alpha value is -2.13. The van der Waals surface area contributed by atoms with Gasteiger partial charge in [0.2, 0.25) is 15.9 Å². The average Bonchev–Trinajstić information content (AvgIpc) is 3.37. The van der Waals surface area contributed by atoms with E-state index in [2.05, 4.69) is 15.6 Å². The first kappa shape index (κ1) is 21.6. The van der Waals surface area contributed by atoms with E-state index in [1.165, 1.54) is 6.07 Å². The monoisotopic (exact) mass is 421 g/mol. The Morgan fingerprint density at radius 2 is 2.03 bits per heavy atom. The predicted molar refractivity (Wildman–Crippen MR) is 113 cm³/mol. The standard InChI is InChI=1S/C20H31N5O3S/c1-2-22-20(23-13-15-6-5-9-18(12-15)29(21,27)28)24-17-10-11-25(14-17)19(26)16-7-3-4-8-16/h5-6,9,12,16-17H,2-4,7-8,10-11,13-14H2,1H3,(H2,21,27,28)(H2,22,23,24). The Balaban J connectivity index is 1.59. The summed E-state index contributed by atoms with van der Waals surface area (Å²) in [6, 6.07) is 6.66. The fourth-order valence-corrected chi connectivity index (χ4v) is 4.60. The summed E-state index contributed by atoms with van der Waals surface area (Å²) >= 11 is 0. The summed E-state index contributed by atoms with van der Waals surface area (Å²) in [5.41, 5.74) is 0.762. The SMILES string of the molecule is CCNC(=NCc1cccc(S(N)(=O)=O)c1)NC1CCN(C(=O)C2CCCC2)C1. The topological polar surface area (TPSA) is 117 Å². The van der Waals surface area contributed by atoms with Crippen molar-refractivity contribution in [2.75, 3.05) is 19.6 Å². The highest BCUT2D eigenvalue weighted by Crippen LogP contribution is 2.27. The van der Waals surface area contributed by atoms with Gasteiger partial charge in [-0.2, -0.15) is 0 Å². The molecule has 0 bridgehead atoms. The zero-order chi connectivity index (χ0) is 20.9. The van der Waals surface area contributed by atoms with Gasteiger partial charge in [0, 0.05) is 31.6 Å². The molecule has 1 heterocycles. The number of carbonyl (C=O) groups excluding carboxylic acids is 1. The van der Waals surface area contributed by atoms with Crippen LogP contribution in [0.2, 0.25) is 0 Å². The molecule has 0 spiro atoms. The van der Waals surface area contributed by atoms with Crippen molar-refractivity contribution in [3.63, 3.8) is 0 Å². The van der Waals surface area contributed by atoms with Crippen LogP contribution in [0.15, 0.2) is 34.2 Å². The van der Waals surface area contributed by atoms with E-state index in [9.17, 15) is 13.2 Å². The number of rotatable bonds is 6. The number of nitrogens with zero attached hydrogens (tertiary/aromatic N) is 2. The van der Waals surface area contributed by atoms with Crippen molar-refractivity contribution in [2.24, 2.45) is 16.0 Å². The Labute approximate surface area is 173 Å². The minimum absolute atomic E-state index is 0.0834. The van der Waals surface area contributed by atoms with Crippen LogP contribution in [0, 0.1) is 5.92 Å². The summed E-state index contributed by atoms with van der Waals surface area (Å²) in [5.74, 6) is 1.17. The second-order valence-electron chi connectivity index (χ2n) is 7.78. The number of likely N-dealkylation sites (tertiary alicyclic amines) is 1. The van der Waals surface area contributed by atoms with E-state index >= 15 is 0 Å². The minimum Gasteiger partial charge on any atom is -0.357 e. The normalized spacial score (nSPS) is 20.8. The number of hydrogen-bond donors (Lipinski definition) is 3. The lowest BCUT2D eigenvalue weighted by molar-refractivity contribution is -0.134. The zero-order valence-electron chi connectivity index (χ0n) is 16.9. The number of primary sulfonamides is 1. The molecule has 1 aromatic rings. The number of aliphatic imine (C=N–C) groups is 1. The first-order valence-electron chi connectivity index (χ1n) is 10.3. The van der Waals surface area contributed by atoms with Crippen molar-refractivity contribution in [3.05, 3.63) is 29.8 Å². The number of carbonyl (C=O) groups is 1. The lowest BCUT2D eigenvalue weighted by Crippen LogP contribution is -2.45. The molecule has 1 aromatic carbocycles. The van der Waals surface area contributed by atoms with E-state index in [0.717, 1.165) is 44.2 Å². The molecule has 0 radical (unpaired) electrons. The zero-order valence-corrected chi connectivity index (χ0v) is 17.7. The smallest absolute Gasteiger partial charge is 0.238 e. The summed E-state index contributed by atoms with van der Waals surface area (Å²) in [4.78, 5) is 19.3. The van der Waals surface area contributed by atoms with E-state index in [-0.39, 0.29) is 16.9 Å². The Kier molecular flexibility index (Phi) is 7.13. The molecule has 8 nitrogen and oxygen atoms in total. The van der Waals surface area contributed by atoms with Gasteiger partial charge in [-0.15, -0.1) is 0 Å². The molecule has 1 aliphatic carbocycles. The van der Waals surface area contributed by atoms with Gasteiger partial charge in [0.25, 0.3) is 0 Å². The quantitative estimate of drug-likeness (QED) is 0.471. The third-order valence-corrected chi connectivity index (χ3v) is 6.45. The number of benzene rings is 1. The van der Waals surface area contributed by atoms with Crippen LogP contribution >= 0.6 is 0 Å². The largest absolute Gasteiger partial charge is 0.357 e. The third-order valence-electron chi connectivity index (χ3n) is 5.54. The minimum atomic E-state index is -3.73. The van der Waals surface area contributed by atoms with E-state index in [1.54, 1.807) is 12.1 Å². The molecule has 9 heteroatoms. The fourth-order valence-electron chi connectivity index (χ4n) is 4.01. The predicted octanol–water partition coefficient (Wildman–Crippen LogP) is 1.18. The van der Waals surface area contributed by atoms with Gasteiger partial charge >= 0.3 is 0 Å². The number of guanidine groups is 1. The highest BCUT2D eigenvalue weighted by atomic mass is 32.2. The first-order chi connectivity index (χ1) is 13.9. The second kappa shape index (κ2) is 9.58. The van der Waals surface area contributed by atoms with Gasteiger partial charge in [-0.3, -0.25) is 4.79 Å². The molecule has 1 amide bonds. The molecule has 1 saturated heterocycles. The highest BCUT2D eigenvalue weighted by molar-refractivity contribution is 7.89. The van der Waals surface area contributed by atoms with Gasteiger partial charge in [0.05, 0.1) is 11.4 Å². The first-order valence-corrected chi connectivity index (χ1v) is 11.9. The highest BCUT2D eigenvalue weighted by Gasteiger charge is 2.32. The second-order valence-corrected chi connectivity index (χ2v) is 9.34. The number of sulfonamides is 1. The molecule has 0 aromatic heterocycles. The Bertz CT molecular complexity index is 849. The van der Waals surface area contributed by atoms with Crippen LogP contribution in [-0.4, -0.2) is 50.9 Å². The maximum atomic E-state index is 12.6. The van der Waals surface area contributed by atoms with Gasteiger partial charge < -0.3 is 15.5 Å². The molecule has 160 valence electrons. The fraction of sp³-hybridized carbons (Fsp3) is 0.600. The maximum Gasteiger partial charge on any atom is 0.238 e. The van der Waals surface area contributed by atoms with Crippen molar-refractivity contribution >= 4 is 21.9 Å². The van der Waals surface area contributed by atoms with Gasteiger partial charge in [-0.1, -0.05) is 25.0 Å². The molecule has 1 atom stereocenters. The molecule has 1 unspecified atom stereocenters. The van der Waals surface area contributed by atoms with Crippen LogP contribution in [0.4, 0.5) is 0 Å². The summed E-state index contributed by atoms with van der Waals surface area (Å²) < 4.78 is 23.0. The van der Waals surface area contributed by atoms with Crippen molar-refractivity contribution in [1.82, 2.24) is 15.5 Å². The van der Waals surface area contributed by atoms with Gasteiger partial charge in [-0.25, -0.2) is 18.5 Å². The van der Waals surface area contributed by atoms with Crippen LogP contribution in [0.3, 0.4) is 0 Å². The molecule has 1 aliphatic heterocycles. The third kappa shape index (κ3) is 5.93. The van der Waals surface area contributed by atoms with Gasteiger partial charge in [0.1, 0.15) is 0 Å². The van der Waals surface area contributed by atoms with Crippen LogP contribution in [0.25, 0.3) is 0 Å². The molecule has 1 saturated carbocycles. The van der Waals surface area contributed by atoms with Crippen LogP contribution < -0.4 is 15.8 Å². The molecule has 29 heavy (non-hydrogen) atoms. The van der Waals surface area contributed by atoms with Gasteiger partial charge in [-0.05, 0) is 43.9 Å². The van der Waals surface area contributed by atoms with E-state index in [4.69, 9.17) is 5.14 Å². The van der Waals surface area contributed by atoms with E-state index in [0.29, 0.717) is 31.5 Å². The van der Waals surface area contributed by atoms with Crippen LogP contribution in [-0.2, 0) is 21.4 Å². The molecule has 2 fully saturated rings. The summed E-state index contributed by atoms with van der Waals surface area (Å²) in [5, 5.41) is 11.8. The van der Waals surface area contributed by atoms with Crippen LogP contribution in [0.5, 0.6) is 0 Å². The number of hydrogen-bond acceptors (Lipinski definition) is 4. The van der Waals surface area contributed by atoms with E-state index < -0.39 is 10.0 Å². The number of nitrogens with two attached hydrogens (primary N) is 1. The van der Waals surface area contributed by atoms with E-state index in [1.807, 2.05) is 17.9 Å². The lowest BCUT2D eigenvalue weighted by Gasteiger charge is -2.21. The average molecular weight is 422 g/mol. The van der Waals surface area contributed by atoms with Crippen molar-refractivity contribution in [3.8, 4) is 0 Å². The molecule has 3 rings (SSSR count). The molecule has 4 N–H and O–H groups in total. The molecule has 2 aliphatic rings. The number of amides is 1. The van der Waals surface area contributed by atoms with Crippen molar-refractivity contribution < 1.29 is 13.2 Å². The van der Waals surface area contributed by atoms with Crippen molar-refractivity contribution in [2.45, 2.75) is 56.5 Å². The lowest BCUT2D eigenvalue weighted by atomic mass is 10.1. The Morgan fingerprint density at radius 3 is 2.72 bits per heavy atom. The Morgan fingerprint density at radius 1 is 1.28 bits per heavy atom.